The molecule has 0 spiro atoms. The van der Waals surface area contributed by atoms with E-state index in [-0.39, 0.29) is 43.3 Å². The standard InChI is InChI=1S/C11H21NO4/c1-4-16-11(15)6-5-10(14)12-9(7-13)8(2)3/h8-9,13H,4-7H2,1-3H3,(H,12,14)/t9-/m1/s1. The van der Waals surface area contributed by atoms with Gasteiger partial charge in [0.15, 0.2) is 0 Å². The molecule has 1 atom stereocenters. The number of carbonyl (C=O) groups is 2. The molecule has 0 aliphatic heterocycles. The summed E-state index contributed by atoms with van der Waals surface area (Å²) in [5.41, 5.74) is 0. The van der Waals surface area contributed by atoms with Crippen molar-refractivity contribution in [1.82, 2.24) is 5.32 Å². The van der Waals surface area contributed by atoms with Crippen LogP contribution in [-0.2, 0) is 14.3 Å². The number of aliphatic hydroxyl groups is 1. The van der Waals surface area contributed by atoms with E-state index in [1.807, 2.05) is 13.8 Å². The highest BCUT2D eigenvalue weighted by Crippen LogP contribution is 2.01. The first-order valence-corrected chi connectivity index (χ1v) is 5.57. The van der Waals surface area contributed by atoms with Crippen molar-refractivity contribution in [2.45, 2.75) is 39.7 Å². The third-order valence-corrected chi connectivity index (χ3v) is 2.21. The predicted molar refractivity (Wildman–Crippen MR) is 59.7 cm³/mol. The molecule has 5 heteroatoms. The minimum Gasteiger partial charge on any atom is -0.466 e. The molecule has 0 aromatic rings. The largest absolute Gasteiger partial charge is 0.466 e. The Morgan fingerprint density at radius 1 is 1.31 bits per heavy atom. The zero-order valence-corrected chi connectivity index (χ0v) is 10.2. The van der Waals surface area contributed by atoms with Gasteiger partial charge in [-0.2, -0.15) is 0 Å². The number of amides is 1. The van der Waals surface area contributed by atoms with Crippen LogP contribution in [0.4, 0.5) is 0 Å². The van der Waals surface area contributed by atoms with Gasteiger partial charge < -0.3 is 15.2 Å². The lowest BCUT2D eigenvalue weighted by Crippen LogP contribution is -2.41. The molecular weight excluding hydrogens is 210 g/mol. The summed E-state index contributed by atoms with van der Waals surface area (Å²) in [5.74, 6) is -0.444. The molecule has 0 saturated heterocycles. The van der Waals surface area contributed by atoms with Crippen LogP contribution in [-0.4, -0.2) is 36.2 Å². The molecule has 0 fully saturated rings. The van der Waals surface area contributed by atoms with E-state index in [2.05, 4.69) is 5.32 Å². The van der Waals surface area contributed by atoms with Crippen molar-refractivity contribution in [3.8, 4) is 0 Å². The normalized spacial score (nSPS) is 12.3. The molecule has 2 N–H and O–H groups in total. The van der Waals surface area contributed by atoms with Gasteiger partial charge in [0.2, 0.25) is 5.91 Å². The molecule has 0 aliphatic carbocycles. The molecule has 0 saturated carbocycles. The topological polar surface area (TPSA) is 75.6 Å². The predicted octanol–water partition coefficient (Wildman–Crippen LogP) is 0.463. The third kappa shape index (κ3) is 6.40. The second-order valence-corrected chi connectivity index (χ2v) is 3.91. The lowest BCUT2D eigenvalue weighted by atomic mass is 10.1. The zero-order chi connectivity index (χ0) is 12.6. The number of rotatable bonds is 7. The van der Waals surface area contributed by atoms with Crippen molar-refractivity contribution in [2.24, 2.45) is 5.92 Å². The van der Waals surface area contributed by atoms with Gasteiger partial charge in [-0.15, -0.1) is 0 Å². The van der Waals surface area contributed by atoms with Crippen LogP contribution in [0.1, 0.15) is 33.6 Å². The van der Waals surface area contributed by atoms with Crippen molar-refractivity contribution in [2.75, 3.05) is 13.2 Å². The number of aliphatic hydroxyl groups excluding tert-OH is 1. The fraction of sp³-hybridized carbons (Fsp3) is 0.818. The van der Waals surface area contributed by atoms with E-state index in [0.29, 0.717) is 6.61 Å². The van der Waals surface area contributed by atoms with E-state index in [4.69, 9.17) is 9.84 Å². The maximum Gasteiger partial charge on any atom is 0.306 e. The average Bonchev–Trinajstić information content (AvgIpc) is 2.23. The molecule has 0 aliphatic rings. The minimum absolute atomic E-state index is 0.0793. The zero-order valence-electron chi connectivity index (χ0n) is 10.2. The van der Waals surface area contributed by atoms with E-state index in [1.165, 1.54) is 0 Å². The van der Waals surface area contributed by atoms with Gasteiger partial charge in [0, 0.05) is 6.42 Å². The molecule has 16 heavy (non-hydrogen) atoms. The highest BCUT2D eigenvalue weighted by Gasteiger charge is 2.15. The van der Waals surface area contributed by atoms with E-state index in [0.717, 1.165) is 0 Å². The highest BCUT2D eigenvalue weighted by atomic mass is 16.5. The number of nitrogens with one attached hydrogen (secondary N) is 1. The first kappa shape index (κ1) is 14.9. The maximum absolute atomic E-state index is 11.4. The van der Waals surface area contributed by atoms with Crippen LogP contribution >= 0.6 is 0 Å². The molecule has 5 nitrogen and oxygen atoms in total. The molecular formula is C11H21NO4. The first-order valence-electron chi connectivity index (χ1n) is 5.57. The molecule has 1 amide bonds. The number of ether oxygens (including phenoxy) is 1. The molecule has 0 unspecified atom stereocenters. The summed E-state index contributed by atoms with van der Waals surface area (Å²) in [7, 11) is 0. The molecule has 0 radical (unpaired) electrons. The Kier molecular flexibility index (Phi) is 7.54. The lowest BCUT2D eigenvalue weighted by molar-refractivity contribution is -0.144. The Labute approximate surface area is 96.2 Å². The van der Waals surface area contributed by atoms with Gasteiger partial charge in [-0.05, 0) is 12.8 Å². The Bertz CT molecular complexity index is 228. The maximum atomic E-state index is 11.4. The van der Waals surface area contributed by atoms with Crippen molar-refractivity contribution in [3.63, 3.8) is 0 Å². The van der Waals surface area contributed by atoms with Crippen molar-refractivity contribution >= 4 is 11.9 Å². The van der Waals surface area contributed by atoms with Gasteiger partial charge in [-0.3, -0.25) is 9.59 Å². The van der Waals surface area contributed by atoms with Gasteiger partial charge in [0.1, 0.15) is 0 Å². The fourth-order valence-electron chi connectivity index (χ4n) is 1.15. The Hall–Kier alpha value is -1.10. The Balaban J connectivity index is 3.85. The second-order valence-electron chi connectivity index (χ2n) is 3.91. The number of esters is 1. The fourth-order valence-corrected chi connectivity index (χ4v) is 1.15. The molecule has 0 heterocycles. The summed E-state index contributed by atoms with van der Waals surface area (Å²) in [5, 5.41) is 11.7. The van der Waals surface area contributed by atoms with Crippen LogP contribution in [0.5, 0.6) is 0 Å². The van der Waals surface area contributed by atoms with E-state index in [1.54, 1.807) is 6.92 Å². The van der Waals surface area contributed by atoms with Crippen LogP contribution < -0.4 is 5.32 Å². The SMILES string of the molecule is CCOC(=O)CCC(=O)N[C@H](CO)C(C)C. The molecule has 0 aromatic heterocycles. The van der Waals surface area contributed by atoms with E-state index < -0.39 is 0 Å². The summed E-state index contributed by atoms with van der Waals surface area (Å²) >= 11 is 0. The van der Waals surface area contributed by atoms with Crippen molar-refractivity contribution < 1.29 is 19.4 Å². The highest BCUT2D eigenvalue weighted by molar-refractivity contribution is 5.81. The van der Waals surface area contributed by atoms with Gasteiger partial charge in [0.25, 0.3) is 0 Å². The number of hydrogen-bond acceptors (Lipinski definition) is 4. The van der Waals surface area contributed by atoms with Gasteiger partial charge >= 0.3 is 5.97 Å². The van der Waals surface area contributed by atoms with E-state index >= 15 is 0 Å². The third-order valence-electron chi connectivity index (χ3n) is 2.21. The van der Waals surface area contributed by atoms with Gasteiger partial charge in [-0.1, -0.05) is 13.8 Å². The second kappa shape index (κ2) is 8.10. The lowest BCUT2D eigenvalue weighted by Gasteiger charge is -2.19. The average molecular weight is 231 g/mol. The smallest absolute Gasteiger partial charge is 0.306 e. The van der Waals surface area contributed by atoms with Crippen LogP contribution in [0, 0.1) is 5.92 Å². The number of carbonyl (C=O) groups excluding carboxylic acids is 2. The Morgan fingerprint density at radius 3 is 2.38 bits per heavy atom. The molecule has 0 bridgehead atoms. The van der Waals surface area contributed by atoms with Crippen LogP contribution in [0.2, 0.25) is 0 Å². The summed E-state index contributed by atoms with van der Waals surface area (Å²) in [6.45, 7) is 5.77. The van der Waals surface area contributed by atoms with Crippen LogP contribution in [0.3, 0.4) is 0 Å². The van der Waals surface area contributed by atoms with Crippen molar-refractivity contribution in [3.05, 3.63) is 0 Å². The molecule has 0 aromatic carbocycles. The monoisotopic (exact) mass is 231 g/mol. The molecule has 94 valence electrons. The van der Waals surface area contributed by atoms with Crippen LogP contribution in [0.25, 0.3) is 0 Å². The van der Waals surface area contributed by atoms with E-state index in [9.17, 15) is 9.59 Å². The molecule has 0 rings (SSSR count). The summed E-state index contributed by atoms with van der Waals surface area (Å²) in [4.78, 5) is 22.4. The minimum atomic E-state index is -0.372. The quantitative estimate of drug-likeness (QED) is 0.624. The summed E-state index contributed by atoms with van der Waals surface area (Å²) in [6, 6.07) is -0.255. The summed E-state index contributed by atoms with van der Waals surface area (Å²) in [6.07, 6.45) is 0.179. The van der Waals surface area contributed by atoms with Crippen molar-refractivity contribution in [1.29, 1.82) is 0 Å². The van der Waals surface area contributed by atoms with Crippen LogP contribution in [0.15, 0.2) is 0 Å². The van der Waals surface area contributed by atoms with Gasteiger partial charge in [-0.25, -0.2) is 0 Å². The summed E-state index contributed by atoms with van der Waals surface area (Å²) < 4.78 is 4.70. The Morgan fingerprint density at radius 2 is 1.94 bits per heavy atom. The number of hydrogen-bond donors (Lipinski definition) is 2. The first-order chi connectivity index (χ1) is 7.51. The van der Waals surface area contributed by atoms with Gasteiger partial charge in [0.05, 0.1) is 25.7 Å².